The van der Waals surface area contributed by atoms with Crippen LogP contribution in [0, 0.1) is 29.4 Å². The van der Waals surface area contributed by atoms with Crippen LogP contribution in [-0.4, -0.2) is 28.9 Å². The molecule has 1 saturated heterocycles. The van der Waals surface area contributed by atoms with E-state index in [-0.39, 0.29) is 42.6 Å². The summed E-state index contributed by atoms with van der Waals surface area (Å²) >= 11 is 0. The van der Waals surface area contributed by atoms with E-state index in [4.69, 9.17) is 4.74 Å². The fraction of sp³-hybridized carbons (Fsp3) is 0.652. The maximum absolute atomic E-state index is 14.0. The van der Waals surface area contributed by atoms with Crippen molar-refractivity contribution in [1.29, 1.82) is 0 Å². The molecule has 1 aliphatic carbocycles. The van der Waals surface area contributed by atoms with Crippen molar-refractivity contribution in [2.24, 2.45) is 17.8 Å². The number of likely N-dealkylation sites (tertiary alicyclic amines) is 1. The molecule has 1 aromatic rings. The van der Waals surface area contributed by atoms with E-state index in [0.29, 0.717) is 30.6 Å². The topological polar surface area (TPSA) is 46.6 Å². The Hall–Kier alpha value is -1.98. The highest BCUT2D eigenvalue weighted by Gasteiger charge is 2.36. The summed E-state index contributed by atoms with van der Waals surface area (Å²) in [6, 6.07) is 3.61. The molecule has 0 bridgehead atoms. The monoisotopic (exact) mass is 407 g/mol. The van der Waals surface area contributed by atoms with Crippen LogP contribution >= 0.6 is 0 Å². The van der Waals surface area contributed by atoms with Gasteiger partial charge in [-0.3, -0.25) is 9.59 Å². The summed E-state index contributed by atoms with van der Waals surface area (Å²) in [5, 5.41) is 0. The highest BCUT2D eigenvalue weighted by molar-refractivity contribution is 5.80. The zero-order valence-electron chi connectivity index (χ0n) is 17.5. The summed E-state index contributed by atoms with van der Waals surface area (Å²) in [4.78, 5) is 26.5. The summed E-state index contributed by atoms with van der Waals surface area (Å²) in [6.45, 7) is 6.47. The minimum atomic E-state index is -0.940. The third-order valence-corrected chi connectivity index (χ3v) is 6.47. The fourth-order valence-corrected chi connectivity index (χ4v) is 4.74. The van der Waals surface area contributed by atoms with Crippen LogP contribution in [0.4, 0.5) is 8.78 Å². The lowest BCUT2D eigenvalue weighted by Crippen LogP contribution is -2.38. The molecule has 0 N–H and O–H groups in total. The molecular formula is C23H31F2NO3. The van der Waals surface area contributed by atoms with Crippen molar-refractivity contribution in [3.05, 3.63) is 35.4 Å². The molecule has 1 aliphatic heterocycles. The predicted octanol–water partition coefficient (Wildman–Crippen LogP) is 4.85. The highest BCUT2D eigenvalue weighted by Crippen LogP contribution is 2.36. The second-order valence-electron chi connectivity index (χ2n) is 8.99. The van der Waals surface area contributed by atoms with Gasteiger partial charge in [0.25, 0.3) is 0 Å². The lowest BCUT2D eigenvalue weighted by molar-refractivity contribution is -0.157. The molecule has 2 aliphatic rings. The molecule has 6 heteroatoms. The van der Waals surface area contributed by atoms with Gasteiger partial charge in [0.05, 0.1) is 6.42 Å². The maximum atomic E-state index is 14.0. The third kappa shape index (κ3) is 5.14. The Morgan fingerprint density at radius 2 is 2.00 bits per heavy atom. The van der Waals surface area contributed by atoms with Gasteiger partial charge in [-0.25, -0.2) is 8.78 Å². The molecule has 1 aromatic carbocycles. The summed E-state index contributed by atoms with van der Waals surface area (Å²) in [5.41, 5.74) is 0.125. The van der Waals surface area contributed by atoms with Gasteiger partial charge < -0.3 is 9.64 Å². The first-order chi connectivity index (χ1) is 13.8. The van der Waals surface area contributed by atoms with Crippen LogP contribution in [0.5, 0.6) is 0 Å². The van der Waals surface area contributed by atoms with Gasteiger partial charge in [-0.2, -0.15) is 0 Å². The Bertz CT molecular complexity index is 752. The number of halogens is 2. The Morgan fingerprint density at radius 3 is 2.72 bits per heavy atom. The van der Waals surface area contributed by atoms with Crippen LogP contribution in [0.2, 0.25) is 0 Å². The zero-order valence-corrected chi connectivity index (χ0v) is 17.5. The SMILES string of the molecule is CC(C)[C@H]1CC[C@H](C)C[C@@H]1OC(=O)C[C@@H]1CCC(=O)N1Cc1cccc(F)c1F. The molecule has 29 heavy (non-hydrogen) atoms. The molecule has 0 unspecified atom stereocenters. The molecule has 1 heterocycles. The standard InChI is InChI=1S/C23H31F2NO3/c1-14(2)18-9-7-15(3)11-20(18)29-22(28)12-17-8-10-21(27)26(17)13-16-5-4-6-19(24)23(16)25/h4-6,14-15,17-18,20H,7-13H2,1-3H3/t15-,17-,18+,20-/m0/s1. The van der Waals surface area contributed by atoms with E-state index in [1.54, 1.807) is 0 Å². The maximum Gasteiger partial charge on any atom is 0.308 e. The number of rotatable bonds is 6. The Labute approximate surface area is 171 Å². The largest absolute Gasteiger partial charge is 0.462 e. The Morgan fingerprint density at radius 1 is 1.24 bits per heavy atom. The van der Waals surface area contributed by atoms with Crippen molar-refractivity contribution >= 4 is 11.9 Å². The molecule has 4 nitrogen and oxygen atoms in total. The van der Waals surface area contributed by atoms with Gasteiger partial charge in [-0.05, 0) is 43.1 Å². The van der Waals surface area contributed by atoms with Gasteiger partial charge in [0.1, 0.15) is 6.10 Å². The number of hydrogen-bond donors (Lipinski definition) is 0. The van der Waals surface area contributed by atoms with E-state index in [0.717, 1.165) is 25.3 Å². The molecule has 160 valence electrons. The first kappa shape index (κ1) is 21.7. The molecule has 1 amide bonds. The van der Waals surface area contributed by atoms with Crippen LogP contribution in [0.3, 0.4) is 0 Å². The van der Waals surface area contributed by atoms with Gasteiger partial charge in [0, 0.05) is 24.6 Å². The van der Waals surface area contributed by atoms with Crippen molar-refractivity contribution in [3.63, 3.8) is 0 Å². The van der Waals surface area contributed by atoms with Gasteiger partial charge in [0.15, 0.2) is 11.6 Å². The lowest BCUT2D eigenvalue weighted by atomic mass is 9.75. The van der Waals surface area contributed by atoms with Crippen molar-refractivity contribution in [3.8, 4) is 0 Å². The van der Waals surface area contributed by atoms with E-state index >= 15 is 0 Å². The van der Waals surface area contributed by atoms with Crippen LogP contribution in [0.25, 0.3) is 0 Å². The highest BCUT2D eigenvalue weighted by atomic mass is 19.2. The second kappa shape index (κ2) is 9.23. The molecule has 0 spiro atoms. The van der Waals surface area contributed by atoms with Gasteiger partial charge in [-0.15, -0.1) is 0 Å². The van der Waals surface area contributed by atoms with Gasteiger partial charge in [-0.1, -0.05) is 39.3 Å². The zero-order chi connectivity index (χ0) is 21.1. The van der Waals surface area contributed by atoms with Crippen molar-refractivity contribution in [1.82, 2.24) is 4.90 Å². The Balaban J connectivity index is 1.64. The molecule has 2 fully saturated rings. The van der Waals surface area contributed by atoms with E-state index in [1.807, 2.05) is 0 Å². The number of esters is 1. The molecule has 0 radical (unpaired) electrons. The second-order valence-corrected chi connectivity index (χ2v) is 8.99. The van der Waals surface area contributed by atoms with Gasteiger partial charge in [0.2, 0.25) is 5.91 Å². The number of hydrogen-bond acceptors (Lipinski definition) is 3. The normalized spacial score (nSPS) is 27.5. The summed E-state index contributed by atoms with van der Waals surface area (Å²) in [5.74, 6) is -0.986. The van der Waals surface area contributed by atoms with E-state index in [9.17, 15) is 18.4 Å². The van der Waals surface area contributed by atoms with Crippen molar-refractivity contribution in [2.75, 3.05) is 0 Å². The third-order valence-electron chi connectivity index (χ3n) is 6.47. The summed E-state index contributed by atoms with van der Waals surface area (Å²) in [7, 11) is 0. The van der Waals surface area contributed by atoms with Crippen LogP contribution < -0.4 is 0 Å². The van der Waals surface area contributed by atoms with Crippen LogP contribution in [-0.2, 0) is 20.9 Å². The lowest BCUT2D eigenvalue weighted by Gasteiger charge is -2.37. The number of benzene rings is 1. The molecular weight excluding hydrogens is 376 g/mol. The minimum absolute atomic E-state index is 0.0323. The summed E-state index contributed by atoms with van der Waals surface area (Å²) in [6.07, 6.45) is 3.93. The quantitative estimate of drug-likeness (QED) is 0.634. The van der Waals surface area contributed by atoms with Crippen LogP contribution in [0.15, 0.2) is 18.2 Å². The van der Waals surface area contributed by atoms with Crippen molar-refractivity contribution in [2.45, 2.75) is 78.0 Å². The first-order valence-electron chi connectivity index (χ1n) is 10.7. The molecule has 4 atom stereocenters. The molecule has 0 aromatic heterocycles. The van der Waals surface area contributed by atoms with Crippen molar-refractivity contribution < 1.29 is 23.1 Å². The minimum Gasteiger partial charge on any atom is -0.462 e. The average Bonchev–Trinajstić information content (AvgIpc) is 2.98. The van der Waals surface area contributed by atoms with E-state index in [2.05, 4.69) is 20.8 Å². The van der Waals surface area contributed by atoms with E-state index < -0.39 is 11.6 Å². The fourth-order valence-electron chi connectivity index (χ4n) is 4.74. The Kier molecular flexibility index (Phi) is 6.91. The number of amides is 1. The summed E-state index contributed by atoms with van der Waals surface area (Å²) < 4.78 is 33.4. The predicted molar refractivity (Wildman–Crippen MR) is 106 cm³/mol. The molecule has 3 rings (SSSR count). The first-order valence-corrected chi connectivity index (χ1v) is 10.7. The smallest absolute Gasteiger partial charge is 0.308 e. The average molecular weight is 408 g/mol. The van der Waals surface area contributed by atoms with Crippen LogP contribution in [0.1, 0.15) is 64.9 Å². The number of carbonyl (C=O) groups is 2. The van der Waals surface area contributed by atoms with Gasteiger partial charge >= 0.3 is 5.97 Å². The number of ether oxygens (including phenoxy) is 1. The van der Waals surface area contributed by atoms with E-state index in [1.165, 1.54) is 17.0 Å². The molecule has 1 saturated carbocycles. The number of nitrogens with zero attached hydrogens (tertiary/aromatic N) is 1. The number of carbonyl (C=O) groups excluding carboxylic acids is 2.